The van der Waals surface area contributed by atoms with Gasteiger partial charge >= 0.3 is 0 Å². The van der Waals surface area contributed by atoms with Crippen molar-refractivity contribution < 1.29 is 45.7 Å². The molecule has 0 radical (unpaired) electrons. The molecule has 0 spiro atoms. The number of aromatic hydroxyl groups is 2. The monoisotopic (exact) mass is 428 g/mol. The molecule has 0 atom stereocenters. The predicted molar refractivity (Wildman–Crippen MR) is 93.6 cm³/mol. The minimum Gasteiger partial charge on any atom is -0.507 e. The van der Waals surface area contributed by atoms with Gasteiger partial charge in [-0.15, -0.1) is 0 Å². The Bertz CT molecular complexity index is 1160. The molecule has 0 saturated heterocycles. The summed E-state index contributed by atoms with van der Waals surface area (Å²) in [5.41, 5.74) is -3.32. The number of carbonyl (C=O) groups excluding carboxylic acids is 2. The van der Waals surface area contributed by atoms with Crippen molar-refractivity contribution in [2.24, 2.45) is 0 Å². The minimum atomic E-state index is -4.86. The molecule has 148 valence electrons. The summed E-state index contributed by atoms with van der Waals surface area (Å²) in [5, 5.41) is 21.0. The van der Waals surface area contributed by atoms with E-state index in [0.29, 0.717) is 0 Å². The third-order valence-corrected chi connectivity index (χ3v) is 5.49. The van der Waals surface area contributed by atoms with Gasteiger partial charge in [0.2, 0.25) is 0 Å². The zero-order valence-corrected chi connectivity index (χ0v) is 15.4. The first-order valence-corrected chi connectivity index (χ1v) is 10.7. The Morgan fingerprint density at radius 1 is 0.679 bits per heavy atom. The molecule has 0 heterocycles. The highest BCUT2D eigenvalue weighted by atomic mass is 32.2. The van der Waals surface area contributed by atoms with E-state index in [9.17, 15) is 36.6 Å². The van der Waals surface area contributed by atoms with Gasteiger partial charge in [-0.3, -0.25) is 18.7 Å². The van der Waals surface area contributed by atoms with Crippen LogP contribution in [0.5, 0.6) is 11.5 Å². The SMILES string of the molecule is O=C1c2ccccc2C(=O)c2c(O)c(CS(=O)(=O)O)c(CS(=O)(=O)O)c(O)c21. The van der Waals surface area contributed by atoms with Gasteiger partial charge in [0.05, 0.1) is 11.1 Å². The van der Waals surface area contributed by atoms with E-state index in [1.165, 1.54) is 24.3 Å². The Labute approximate surface area is 158 Å². The smallest absolute Gasteiger partial charge is 0.269 e. The van der Waals surface area contributed by atoms with Gasteiger partial charge in [-0.2, -0.15) is 16.8 Å². The first-order chi connectivity index (χ1) is 12.8. The third-order valence-electron chi connectivity index (χ3n) is 4.18. The summed E-state index contributed by atoms with van der Waals surface area (Å²) in [6.07, 6.45) is 0. The Morgan fingerprint density at radius 3 is 1.29 bits per heavy atom. The molecule has 0 saturated carbocycles. The molecule has 1 aliphatic carbocycles. The van der Waals surface area contributed by atoms with Crippen LogP contribution >= 0.6 is 0 Å². The Hall–Kier alpha value is -2.80. The quantitative estimate of drug-likeness (QED) is 0.340. The van der Waals surface area contributed by atoms with Crippen LogP contribution in [-0.2, 0) is 31.7 Å². The second-order valence-corrected chi connectivity index (χ2v) is 8.97. The van der Waals surface area contributed by atoms with Crippen LogP contribution in [0.1, 0.15) is 43.0 Å². The number of hydrogen-bond donors (Lipinski definition) is 4. The summed E-state index contributed by atoms with van der Waals surface area (Å²) < 4.78 is 63.4. The summed E-state index contributed by atoms with van der Waals surface area (Å²) >= 11 is 0. The van der Waals surface area contributed by atoms with Gasteiger partial charge in [-0.05, 0) is 0 Å². The van der Waals surface area contributed by atoms with Gasteiger partial charge in [0.25, 0.3) is 20.2 Å². The number of phenolic OH excluding ortho intramolecular Hbond substituents is 2. The van der Waals surface area contributed by atoms with Crippen molar-refractivity contribution in [2.75, 3.05) is 0 Å². The summed E-state index contributed by atoms with van der Waals surface area (Å²) in [4.78, 5) is 25.5. The van der Waals surface area contributed by atoms with E-state index in [2.05, 4.69) is 0 Å². The molecule has 1 aliphatic rings. The van der Waals surface area contributed by atoms with E-state index in [4.69, 9.17) is 9.11 Å². The molecule has 2 aromatic rings. The van der Waals surface area contributed by atoms with Crippen LogP contribution < -0.4 is 0 Å². The molecule has 12 heteroatoms. The van der Waals surface area contributed by atoms with E-state index >= 15 is 0 Å². The Morgan fingerprint density at radius 2 is 1.00 bits per heavy atom. The van der Waals surface area contributed by atoms with Crippen LogP contribution in [0.25, 0.3) is 0 Å². The predicted octanol–water partition coefficient (Wildman–Crippen LogP) is 0.649. The van der Waals surface area contributed by atoms with Crippen molar-refractivity contribution in [3.8, 4) is 11.5 Å². The number of fused-ring (bicyclic) bond motifs is 2. The lowest BCUT2D eigenvalue weighted by Crippen LogP contribution is -2.23. The zero-order chi connectivity index (χ0) is 21.0. The van der Waals surface area contributed by atoms with Crippen LogP contribution in [0.15, 0.2) is 24.3 Å². The van der Waals surface area contributed by atoms with E-state index in [0.717, 1.165) is 0 Å². The molecule has 10 nitrogen and oxygen atoms in total. The Kier molecular flexibility index (Phi) is 4.54. The highest BCUT2D eigenvalue weighted by molar-refractivity contribution is 7.85. The molecule has 0 unspecified atom stereocenters. The number of phenols is 2. The van der Waals surface area contributed by atoms with Crippen molar-refractivity contribution >= 4 is 31.8 Å². The van der Waals surface area contributed by atoms with Crippen molar-refractivity contribution in [3.05, 3.63) is 57.6 Å². The summed E-state index contributed by atoms with van der Waals surface area (Å²) in [7, 11) is -9.71. The summed E-state index contributed by atoms with van der Waals surface area (Å²) in [5.74, 6) is -6.73. The van der Waals surface area contributed by atoms with E-state index in [1.807, 2.05) is 0 Å². The number of carbonyl (C=O) groups is 2. The van der Waals surface area contributed by atoms with Crippen molar-refractivity contribution in [2.45, 2.75) is 11.5 Å². The van der Waals surface area contributed by atoms with Gasteiger partial charge in [-0.25, -0.2) is 0 Å². The highest BCUT2D eigenvalue weighted by Gasteiger charge is 2.38. The maximum atomic E-state index is 12.7. The van der Waals surface area contributed by atoms with Gasteiger partial charge in [0.1, 0.15) is 23.0 Å². The van der Waals surface area contributed by atoms with Gasteiger partial charge in [0.15, 0.2) is 11.6 Å². The van der Waals surface area contributed by atoms with Gasteiger partial charge < -0.3 is 10.2 Å². The summed E-state index contributed by atoms with van der Waals surface area (Å²) in [6.45, 7) is 0. The van der Waals surface area contributed by atoms with E-state index < -0.39 is 77.1 Å². The van der Waals surface area contributed by atoms with Crippen molar-refractivity contribution in [3.63, 3.8) is 0 Å². The molecular weight excluding hydrogens is 416 g/mol. The second kappa shape index (κ2) is 6.38. The fraction of sp³-hybridized carbons (Fsp3) is 0.125. The molecular formula is C16H12O10S2. The average molecular weight is 428 g/mol. The largest absolute Gasteiger partial charge is 0.507 e. The first-order valence-electron chi connectivity index (χ1n) is 7.50. The first kappa shape index (κ1) is 19.9. The van der Waals surface area contributed by atoms with Crippen LogP contribution in [0, 0.1) is 0 Å². The van der Waals surface area contributed by atoms with Gasteiger partial charge in [-0.1, -0.05) is 24.3 Å². The lowest BCUT2D eigenvalue weighted by atomic mass is 9.81. The molecule has 4 N–H and O–H groups in total. The highest BCUT2D eigenvalue weighted by Crippen LogP contribution is 2.44. The lowest BCUT2D eigenvalue weighted by molar-refractivity contribution is 0.0974. The Balaban J connectivity index is 2.43. The topological polar surface area (TPSA) is 183 Å². The third kappa shape index (κ3) is 3.38. The molecule has 3 rings (SSSR count). The van der Waals surface area contributed by atoms with Crippen LogP contribution in [0.4, 0.5) is 0 Å². The van der Waals surface area contributed by atoms with Crippen molar-refractivity contribution in [1.82, 2.24) is 0 Å². The van der Waals surface area contributed by atoms with Gasteiger partial charge in [0, 0.05) is 22.3 Å². The van der Waals surface area contributed by atoms with Crippen LogP contribution in [-0.4, -0.2) is 47.7 Å². The fourth-order valence-electron chi connectivity index (χ4n) is 3.09. The van der Waals surface area contributed by atoms with Crippen LogP contribution in [0.2, 0.25) is 0 Å². The standard InChI is InChI=1S/C16H12O10S2/c17-13-7-3-1-2-4-8(7)14(18)12-11(13)15(19)9(5-27(21,22)23)10(16(12)20)6-28(24,25)26/h1-4,19-20H,5-6H2,(H,21,22,23)(H,24,25,26). The molecule has 0 fully saturated rings. The van der Waals surface area contributed by atoms with E-state index in [1.54, 1.807) is 0 Å². The second-order valence-electron chi connectivity index (χ2n) is 6.06. The van der Waals surface area contributed by atoms with Crippen molar-refractivity contribution in [1.29, 1.82) is 0 Å². The number of hydrogen-bond acceptors (Lipinski definition) is 8. The minimum absolute atomic E-state index is 0.116. The molecule has 0 bridgehead atoms. The average Bonchev–Trinajstić information content (AvgIpc) is 2.57. The fourth-order valence-corrected chi connectivity index (χ4v) is 4.44. The van der Waals surface area contributed by atoms with Crippen LogP contribution in [0.3, 0.4) is 0 Å². The molecule has 0 aliphatic heterocycles. The normalized spacial score (nSPS) is 13.9. The molecule has 0 amide bonds. The van der Waals surface area contributed by atoms with E-state index in [-0.39, 0.29) is 11.1 Å². The number of ketones is 2. The number of benzene rings is 2. The summed E-state index contributed by atoms with van der Waals surface area (Å²) in [6, 6.07) is 5.45. The molecule has 2 aromatic carbocycles. The maximum Gasteiger partial charge on any atom is 0.269 e. The zero-order valence-electron chi connectivity index (χ0n) is 13.8. The lowest BCUT2D eigenvalue weighted by Gasteiger charge is -2.23. The number of rotatable bonds is 4. The maximum absolute atomic E-state index is 12.7. The molecule has 28 heavy (non-hydrogen) atoms. The molecule has 0 aromatic heterocycles.